The van der Waals surface area contributed by atoms with Crippen LogP contribution in [0.2, 0.25) is 0 Å². The lowest BCUT2D eigenvalue weighted by Gasteiger charge is -2.48. The highest BCUT2D eigenvalue weighted by Crippen LogP contribution is 2.51. The van der Waals surface area contributed by atoms with E-state index in [1.54, 1.807) is 0 Å². The third kappa shape index (κ3) is 8.55. The summed E-state index contributed by atoms with van der Waals surface area (Å²) in [5.74, 6) is -1.85. The number of hydrogen-bond donors (Lipinski definition) is 2. The van der Waals surface area contributed by atoms with Crippen molar-refractivity contribution >= 4 is 27.5 Å². The van der Waals surface area contributed by atoms with Gasteiger partial charge in [0.2, 0.25) is 10.0 Å². The van der Waals surface area contributed by atoms with Crippen molar-refractivity contribution in [2.24, 2.45) is 0 Å². The number of carbonyl (C=O) groups excluding carboxylic acids is 1. The summed E-state index contributed by atoms with van der Waals surface area (Å²) in [6.07, 6.45) is -17.7. The van der Waals surface area contributed by atoms with Crippen LogP contribution in [-0.4, -0.2) is 67.8 Å². The van der Waals surface area contributed by atoms with Crippen molar-refractivity contribution in [3.8, 4) is 17.2 Å². The summed E-state index contributed by atoms with van der Waals surface area (Å²) in [7, 11) is -4.68. The molecule has 2 aliphatic rings. The molecule has 1 fully saturated rings. The molecular formula is C31H28F9N3O7S. The van der Waals surface area contributed by atoms with Gasteiger partial charge in [-0.15, -0.1) is 13.2 Å². The fourth-order valence-electron chi connectivity index (χ4n) is 5.47. The number of piperidine rings is 1. The van der Waals surface area contributed by atoms with E-state index in [0.717, 1.165) is 46.2 Å². The number of ether oxygens (including phenoxy) is 3. The number of hydrogen-bond acceptors (Lipinski definition) is 8. The number of benzene rings is 3. The molecule has 0 aliphatic carbocycles. The molecule has 0 bridgehead atoms. The van der Waals surface area contributed by atoms with Gasteiger partial charge in [0.05, 0.1) is 45.6 Å². The zero-order valence-corrected chi connectivity index (χ0v) is 27.3. The normalized spacial score (nSPS) is 19.9. The van der Waals surface area contributed by atoms with Crippen LogP contribution in [0.1, 0.15) is 31.9 Å². The second kappa shape index (κ2) is 13.0. The third-order valence-corrected chi connectivity index (χ3v) is 9.11. The first-order valence-corrected chi connectivity index (χ1v) is 16.2. The van der Waals surface area contributed by atoms with Crippen molar-refractivity contribution in [3.63, 3.8) is 0 Å². The van der Waals surface area contributed by atoms with Gasteiger partial charge >= 0.3 is 24.8 Å². The molecule has 278 valence electrons. The number of nitrogens with one attached hydrogen (secondary N) is 1. The zero-order chi connectivity index (χ0) is 37.9. The predicted octanol–water partition coefficient (Wildman–Crippen LogP) is 7.19. The van der Waals surface area contributed by atoms with E-state index in [4.69, 9.17) is 9.47 Å². The van der Waals surface area contributed by atoms with Crippen LogP contribution in [0.25, 0.3) is 0 Å². The Morgan fingerprint density at radius 3 is 1.78 bits per heavy atom. The molecule has 0 saturated carbocycles. The van der Waals surface area contributed by atoms with Crippen LogP contribution in [0.5, 0.6) is 17.2 Å². The SMILES string of the molecule is CC(C)(C)OC(=O)N1C[C@@H](NS(=O)(=O)c2ccc(OC(F)(F)F)cc2)[C@H](O)[C@@H](N2c3ccc(C(F)(F)F)cc3Oc3cc(C(F)(F)F)ccc32)C1. The lowest BCUT2D eigenvalue weighted by molar-refractivity contribution is -0.274. The van der Waals surface area contributed by atoms with E-state index in [9.17, 15) is 57.8 Å². The van der Waals surface area contributed by atoms with Crippen LogP contribution in [0.3, 0.4) is 0 Å². The molecular weight excluding hydrogens is 729 g/mol. The molecule has 2 N–H and O–H groups in total. The van der Waals surface area contributed by atoms with E-state index in [-0.39, 0.29) is 11.4 Å². The van der Waals surface area contributed by atoms with Gasteiger partial charge in [-0.1, -0.05) is 0 Å². The molecule has 0 aromatic heterocycles. The zero-order valence-electron chi connectivity index (χ0n) is 26.5. The van der Waals surface area contributed by atoms with Gasteiger partial charge in [0.15, 0.2) is 11.5 Å². The molecule has 2 heterocycles. The second-order valence-corrected chi connectivity index (χ2v) is 14.2. The molecule has 1 saturated heterocycles. The maximum atomic E-state index is 13.7. The first-order valence-electron chi connectivity index (χ1n) is 14.8. The van der Waals surface area contributed by atoms with Gasteiger partial charge < -0.3 is 29.1 Å². The summed E-state index contributed by atoms with van der Waals surface area (Å²) in [4.78, 5) is 14.9. The van der Waals surface area contributed by atoms with Crippen LogP contribution in [0, 0.1) is 0 Å². The van der Waals surface area contributed by atoms with Crippen LogP contribution < -0.4 is 19.1 Å². The third-order valence-electron chi connectivity index (χ3n) is 7.60. The molecule has 2 aliphatic heterocycles. The minimum Gasteiger partial charge on any atom is -0.453 e. The molecule has 3 aromatic carbocycles. The van der Waals surface area contributed by atoms with Crippen LogP contribution >= 0.6 is 0 Å². The van der Waals surface area contributed by atoms with Crippen LogP contribution in [0.15, 0.2) is 65.6 Å². The van der Waals surface area contributed by atoms with E-state index in [2.05, 4.69) is 9.46 Å². The Morgan fingerprint density at radius 1 is 0.824 bits per heavy atom. The number of fused-ring (bicyclic) bond motifs is 2. The Kier molecular flexibility index (Phi) is 9.61. The van der Waals surface area contributed by atoms with Crippen molar-refractivity contribution in [2.45, 2.75) is 68.2 Å². The van der Waals surface area contributed by atoms with Crippen molar-refractivity contribution in [2.75, 3.05) is 18.0 Å². The van der Waals surface area contributed by atoms with E-state index in [0.29, 0.717) is 24.3 Å². The second-order valence-electron chi connectivity index (χ2n) is 12.5. The fraction of sp³-hybridized carbons (Fsp3) is 0.387. The highest BCUT2D eigenvalue weighted by atomic mass is 32.2. The highest BCUT2D eigenvalue weighted by Gasteiger charge is 2.47. The van der Waals surface area contributed by atoms with E-state index in [1.807, 2.05) is 0 Å². The van der Waals surface area contributed by atoms with Gasteiger partial charge in [-0.05, 0) is 81.4 Å². The molecule has 0 spiro atoms. The minimum absolute atomic E-state index is 0.174. The number of aliphatic hydroxyl groups is 1. The van der Waals surface area contributed by atoms with Gasteiger partial charge in [0.1, 0.15) is 11.4 Å². The Hall–Kier alpha value is -4.43. The fourth-order valence-corrected chi connectivity index (χ4v) is 6.72. The molecule has 0 radical (unpaired) electrons. The number of alkyl halides is 9. The number of likely N-dealkylation sites (tertiary alicyclic amines) is 1. The molecule has 51 heavy (non-hydrogen) atoms. The topological polar surface area (TPSA) is 118 Å². The monoisotopic (exact) mass is 757 g/mol. The average molecular weight is 758 g/mol. The summed E-state index contributed by atoms with van der Waals surface area (Å²) < 4.78 is 164. The number of rotatable bonds is 5. The molecule has 3 aromatic rings. The van der Waals surface area contributed by atoms with Gasteiger partial charge in [-0.3, -0.25) is 0 Å². The van der Waals surface area contributed by atoms with Gasteiger partial charge in [-0.2, -0.15) is 26.3 Å². The number of amides is 1. The number of carbonyl (C=O) groups is 1. The lowest BCUT2D eigenvalue weighted by Crippen LogP contribution is -2.66. The summed E-state index contributed by atoms with van der Waals surface area (Å²) in [6.45, 7) is 3.54. The number of sulfonamides is 1. The molecule has 20 heteroatoms. The molecule has 5 rings (SSSR count). The first-order chi connectivity index (χ1) is 23.3. The maximum absolute atomic E-state index is 13.7. The van der Waals surface area contributed by atoms with Crippen molar-refractivity contribution in [3.05, 3.63) is 71.8 Å². The van der Waals surface area contributed by atoms with E-state index < -0.39 is 105 Å². The smallest absolute Gasteiger partial charge is 0.453 e. The summed E-state index contributed by atoms with van der Waals surface area (Å²) >= 11 is 0. The Morgan fingerprint density at radius 2 is 1.33 bits per heavy atom. The molecule has 1 amide bonds. The summed E-state index contributed by atoms with van der Waals surface area (Å²) in [6, 6.07) is 4.22. The number of anilines is 2. The quantitative estimate of drug-likeness (QED) is 0.263. The van der Waals surface area contributed by atoms with Crippen molar-refractivity contribution in [1.29, 1.82) is 0 Å². The van der Waals surface area contributed by atoms with Gasteiger partial charge in [0, 0.05) is 13.1 Å². The van der Waals surface area contributed by atoms with Crippen molar-refractivity contribution in [1.82, 2.24) is 9.62 Å². The maximum Gasteiger partial charge on any atom is 0.573 e. The Bertz CT molecular complexity index is 1830. The Balaban J connectivity index is 1.59. The highest BCUT2D eigenvalue weighted by molar-refractivity contribution is 7.89. The average Bonchev–Trinajstić information content (AvgIpc) is 2.98. The lowest BCUT2D eigenvalue weighted by atomic mass is 9.94. The Labute approximate surface area is 284 Å². The van der Waals surface area contributed by atoms with E-state index in [1.165, 1.54) is 20.8 Å². The first kappa shape index (κ1) is 37.8. The molecule has 3 atom stereocenters. The summed E-state index contributed by atoms with van der Waals surface area (Å²) in [5, 5.41) is 11.7. The molecule has 10 nitrogen and oxygen atoms in total. The van der Waals surface area contributed by atoms with Crippen LogP contribution in [-0.2, 0) is 27.1 Å². The summed E-state index contributed by atoms with van der Waals surface area (Å²) in [5.41, 5.74) is -3.86. The number of halogens is 9. The van der Waals surface area contributed by atoms with Gasteiger partial charge in [0.25, 0.3) is 0 Å². The number of aliphatic hydroxyl groups excluding tert-OH is 1. The predicted molar refractivity (Wildman–Crippen MR) is 160 cm³/mol. The van der Waals surface area contributed by atoms with Crippen LogP contribution in [0.4, 0.5) is 55.7 Å². The van der Waals surface area contributed by atoms with E-state index >= 15 is 0 Å². The van der Waals surface area contributed by atoms with Crippen molar-refractivity contribution < 1.29 is 72.0 Å². The minimum atomic E-state index is -5.07. The number of nitrogens with zero attached hydrogens (tertiary/aromatic N) is 2. The molecule has 0 unspecified atom stereocenters. The standard InChI is InChI=1S/C31H28F9N3O7S/c1-28(2,3)50-27(45)42-14-20(41-51(46,47)19-8-6-18(7-9-19)49-31(38,39)40)26(44)23(15-42)43-21-10-4-16(29(32,33)34)12-24(21)48-25-13-17(30(35,36)37)5-11-22(25)43/h4-13,20,23,26,41,44H,14-15H2,1-3H3/t20-,23+,26+/m1/s1. The largest absolute Gasteiger partial charge is 0.573 e. The van der Waals surface area contributed by atoms with Gasteiger partial charge in [-0.25, -0.2) is 17.9 Å².